The number of hydrogen-bond donors (Lipinski definition) is 2. The molecule has 0 saturated carbocycles. The number of nitrogens with zero attached hydrogens (tertiary/aromatic N) is 2. The molecular weight excluding hydrogens is 344 g/mol. The number of ether oxygens (including phenoxy) is 1. The van der Waals surface area contributed by atoms with Crippen LogP contribution in [0.15, 0.2) is 42.6 Å². The molecule has 142 valence electrons. The highest BCUT2D eigenvalue weighted by Gasteiger charge is 2.23. The molecule has 1 aromatic heterocycles. The molecular formula is C20H24N4O3. The Balaban J connectivity index is 1.69. The zero-order valence-corrected chi connectivity index (χ0v) is 15.7. The van der Waals surface area contributed by atoms with Crippen molar-refractivity contribution in [2.24, 2.45) is 0 Å². The molecule has 1 aliphatic rings. The van der Waals surface area contributed by atoms with Gasteiger partial charge in [0.1, 0.15) is 5.69 Å². The van der Waals surface area contributed by atoms with Crippen LogP contribution in [0.5, 0.6) is 0 Å². The number of hydrogen-bond acceptors (Lipinski definition) is 5. The molecule has 0 bridgehead atoms. The molecule has 1 saturated heterocycles. The molecule has 0 spiro atoms. The second-order valence-corrected chi connectivity index (χ2v) is 6.77. The molecule has 3 rings (SSSR count). The van der Waals surface area contributed by atoms with Gasteiger partial charge < -0.3 is 20.3 Å². The van der Waals surface area contributed by atoms with Crippen LogP contribution in [-0.2, 0) is 9.53 Å². The number of carbonyl (C=O) groups excluding carboxylic acids is 2. The number of carbonyl (C=O) groups is 2. The Morgan fingerprint density at radius 1 is 1.04 bits per heavy atom. The first-order valence-electron chi connectivity index (χ1n) is 8.96. The number of morpholine rings is 1. The monoisotopic (exact) mass is 368 g/mol. The van der Waals surface area contributed by atoms with E-state index < -0.39 is 0 Å². The lowest BCUT2D eigenvalue weighted by Crippen LogP contribution is -2.45. The molecule has 27 heavy (non-hydrogen) atoms. The quantitative estimate of drug-likeness (QED) is 0.867. The zero-order chi connectivity index (χ0) is 19.4. The Kier molecular flexibility index (Phi) is 5.71. The number of benzene rings is 1. The Hall–Kier alpha value is -2.93. The first-order chi connectivity index (χ1) is 12.9. The van der Waals surface area contributed by atoms with Crippen LogP contribution in [0.1, 0.15) is 31.3 Å². The third-order valence-electron chi connectivity index (χ3n) is 4.22. The fourth-order valence-corrected chi connectivity index (χ4v) is 3.16. The summed E-state index contributed by atoms with van der Waals surface area (Å²) in [6, 6.07) is 10.6. The summed E-state index contributed by atoms with van der Waals surface area (Å²) in [6.45, 7) is 7.09. The Labute approximate surface area is 158 Å². The van der Waals surface area contributed by atoms with E-state index in [1.54, 1.807) is 36.5 Å². The van der Waals surface area contributed by atoms with E-state index in [0.717, 1.165) is 18.8 Å². The van der Waals surface area contributed by atoms with Gasteiger partial charge in [0.15, 0.2) is 0 Å². The molecule has 1 aromatic carbocycles. The summed E-state index contributed by atoms with van der Waals surface area (Å²) in [6.07, 6.45) is 1.93. The van der Waals surface area contributed by atoms with Crippen molar-refractivity contribution >= 4 is 28.9 Å². The van der Waals surface area contributed by atoms with Crippen LogP contribution >= 0.6 is 0 Å². The highest BCUT2D eigenvalue weighted by Crippen LogP contribution is 2.21. The SMILES string of the molecule is CC(=O)Nc1ccc(NC(=O)c2cc(N3CC(C)OC(C)C3)ccn2)cc1. The highest BCUT2D eigenvalue weighted by atomic mass is 16.5. The summed E-state index contributed by atoms with van der Waals surface area (Å²) in [4.78, 5) is 30.0. The summed E-state index contributed by atoms with van der Waals surface area (Å²) in [5.41, 5.74) is 2.62. The van der Waals surface area contributed by atoms with Crippen LogP contribution in [-0.4, -0.2) is 42.1 Å². The fourth-order valence-electron chi connectivity index (χ4n) is 3.16. The minimum absolute atomic E-state index is 0.139. The number of anilines is 3. The predicted octanol–water partition coefficient (Wildman–Crippen LogP) is 2.91. The van der Waals surface area contributed by atoms with E-state index in [-0.39, 0.29) is 24.0 Å². The predicted molar refractivity (Wildman–Crippen MR) is 105 cm³/mol. The van der Waals surface area contributed by atoms with Gasteiger partial charge >= 0.3 is 0 Å². The third-order valence-corrected chi connectivity index (χ3v) is 4.22. The second kappa shape index (κ2) is 8.18. The van der Waals surface area contributed by atoms with E-state index >= 15 is 0 Å². The van der Waals surface area contributed by atoms with Crippen molar-refractivity contribution in [2.75, 3.05) is 28.6 Å². The van der Waals surface area contributed by atoms with Crippen molar-refractivity contribution in [2.45, 2.75) is 33.0 Å². The molecule has 2 amide bonds. The molecule has 0 aliphatic carbocycles. The fraction of sp³-hybridized carbons (Fsp3) is 0.350. The maximum atomic E-state index is 12.6. The number of aromatic nitrogens is 1. The Morgan fingerprint density at radius 3 is 2.22 bits per heavy atom. The van der Waals surface area contributed by atoms with E-state index in [0.29, 0.717) is 17.1 Å². The highest BCUT2D eigenvalue weighted by molar-refractivity contribution is 6.03. The van der Waals surface area contributed by atoms with Crippen LogP contribution in [0.4, 0.5) is 17.1 Å². The second-order valence-electron chi connectivity index (χ2n) is 6.77. The third kappa shape index (κ3) is 5.04. The van der Waals surface area contributed by atoms with Crippen LogP contribution in [0, 0.1) is 0 Å². The largest absolute Gasteiger partial charge is 0.372 e. The average Bonchev–Trinajstić information content (AvgIpc) is 2.62. The van der Waals surface area contributed by atoms with E-state index in [9.17, 15) is 9.59 Å². The average molecular weight is 368 g/mol. The Bertz CT molecular complexity index is 812. The molecule has 2 aromatic rings. The molecule has 7 nitrogen and oxygen atoms in total. The van der Waals surface area contributed by atoms with Gasteiger partial charge in [-0.1, -0.05) is 0 Å². The van der Waals surface area contributed by atoms with Crippen molar-refractivity contribution < 1.29 is 14.3 Å². The van der Waals surface area contributed by atoms with Gasteiger partial charge in [-0.2, -0.15) is 0 Å². The normalized spacial score (nSPS) is 19.4. The van der Waals surface area contributed by atoms with Crippen LogP contribution in [0.25, 0.3) is 0 Å². The van der Waals surface area contributed by atoms with Gasteiger partial charge in [0.2, 0.25) is 5.91 Å². The first-order valence-corrected chi connectivity index (χ1v) is 8.96. The van der Waals surface area contributed by atoms with E-state index in [1.807, 2.05) is 19.9 Å². The van der Waals surface area contributed by atoms with Crippen molar-refractivity contribution in [3.8, 4) is 0 Å². The molecule has 2 atom stereocenters. The minimum atomic E-state index is -0.279. The minimum Gasteiger partial charge on any atom is -0.372 e. The van der Waals surface area contributed by atoms with Gasteiger partial charge in [-0.25, -0.2) is 0 Å². The van der Waals surface area contributed by atoms with E-state index in [1.165, 1.54) is 6.92 Å². The van der Waals surface area contributed by atoms with Gasteiger partial charge in [-0.05, 0) is 50.2 Å². The first kappa shape index (κ1) is 18.8. The molecule has 0 radical (unpaired) electrons. The number of amides is 2. The number of nitrogens with one attached hydrogen (secondary N) is 2. The summed E-state index contributed by atoms with van der Waals surface area (Å²) in [5, 5.41) is 5.52. The van der Waals surface area contributed by atoms with Crippen LogP contribution in [0.3, 0.4) is 0 Å². The lowest BCUT2D eigenvalue weighted by Gasteiger charge is -2.36. The summed E-state index contributed by atoms with van der Waals surface area (Å²) in [5.74, 6) is -0.418. The lowest BCUT2D eigenvalue weighted by molar-refractivity contribution is -0.114. The summed E-state index contributed by atoms with van der Waals surface area (Å²) < 4.78 is 5.77. The van der Waals surface area contributed by atoms with Gasteiger partial charge in [-0.3, -0.25) is 14.6 Å². The van der Waals surface area contributed by atoms with Gasteiger partial charge in [0, 0.05) is 43.3 Å². The maximum Gasteiger partial charge on any atom is 0.274 e. The van der Waals surface area contributed by atoms with Gasteiger partial charge in [0.25, 0.3) is 5.91 Å². The summed E-state index contributed by atoms with van der Waals surface area (Å²) in [7, 11) is 0. The van der Waals surface area contributed by atoms with Crippen molar-refractivity contribution in [3.63, 3.8) is 0 Å². The Morgan fingerprint density at radius 2 is 1.63 bits per heavy atom. The molecule has 1 aliphatic heterocycles. The molecule has 2 unspecified atom stereocenters. The standard InChI is InChI=1S/C20H24N4O3/c1-13-11-24(12-14(2)27-13)18-8-9-21-19(10-18)20(26)23-17-6-4-16(5-7-17)22-15(3)25/h4-10,13-14H,11-12H2,1-3H3,(H,22,25)(H,23,26). The van der Waals surface area contributed by atoms with Crippen LogP contribution in [0.2, 0.25) is 0 Å². The van der Waals surface area contributed by atoms with Crippen molar-refractivity contribution in [1.29, 1.82) is 0 Å². The number of rotatable bonds is 4. The zero-order valence-electron chi connectivity index (χ0n) is 15.7. The molecule has 2 N–H and O–H groups in total. The molecule has 7 heteroatoms. The van der Waals surface area contributed by atoms with Crippen molar-refractivity contribution in [1.82, 2.24) is 4.98 Å². The van der Waals surface area contributed by atoms with E-state index in [4.69, 9.17) is 4.74 Å². The lowest BCUT2D eigenvalue weighted by atomic mass is 10.2. The van der Waals surface area contributed by atoms with Gasteiger partial charge in [-0.15, -0.1) is 0 Å². The van der Waals surface area contributed by atoms with Gasteiger partial charge in [0.05, 0.1) is 12.2 Å². The molecule has 1 fully saturated rings. The maximum absolute atomic E-state index is 12.6. The summed E-state index contributed by atoms with van der Waals surface area (Å²) >= 11 is 0. The molecule has 2 heterocycles. The topological polar surface area (TPSA) is 83.6 Å². The van der Waals surface area contributed by atoms with Crippen molar-refractivity contribution in [3.05, 3.63) is 48.3 Å². The smallest absolute Gasteiger partial charge is 0.274 e. The van der Waals surface area contributed by atoms with E-state index in [2.05, 4.69) is 20.5 Å². The van der Waals surface area contributed by atoms with Crippen LogP contribution < -0.4 is 15.5 Å². The number of pyridine rings is 1.